The molecule has 4 rings (SSSR count). The molecule has 0 unspecified atom stereocenters. The zero-order valence-electron chi connectivity index (χ0n) is 15.4. The summed E-state index contributed by atoms with van der Waals surface area (Å²) in [7, 11) is 0. The summed E-state index contributed by atoms with van der Waals surface area (Å²) in [5.41, 5.74) is 1.58. The summed E-state index contributed by atoms with van der Waals surface area (Å²) >= 11 is 0. The molecular weight excluding hydrogens is 348 g/mol. The van der Waals surface area contributed by atoms with Gasteiger partial charge in [-0.2, -0.15) is 0 Å². The molecule has 28 heavy (non-hydrogen) atoms. The van der Waals surface area contributed by atoms with E-state index in [1.807, 2.05) is 60.8 Å². The average molecular weight is 370 g/mol. The van der Waals surface area contributed by atoms with Crippen molar-refractivity contribution in [3.63, 3.8) is 0 Å². The minimum Gasteiger partial charge on any atom is -0.372 e. The molecule has 0 aliphatic heterocycles. The smallest absolute Gasteiger partial charge is 0.261 e. The van der Waals surface area contributed by atoms with Crippen LogP contribution in [0, 0.1) is 0 Å². The van der Waals surface area contributed by atoms with Gasteiger partial charge in [-0.3, -0.25) is 4.79 Å². The number of aliphatic hydroxyl groups is 1. The predicted molar refractivity (Wildman–Crippen MR) is 111 cm³/mol. The third-order valence-corrected chi connectivity index (χ3v) is 5.07. The average Bonchev–Trinajstić information content (AvgIpc) is 3.17. The Labute approximate surface area is 163 Å². The van der Waals surface area contributed by atoms with E-state index in [0.717, 1.165) is 16.5 Å². The van der Waals surface area contributed by atoms with Gasteiger partial charge in [-0.05, 0) is 29.2 Å². The summed E-state index contributed by atoms with van der Waals surface area (Å²) in [5.74, 6) is -0.426. The Bertz CT molecular complexity index is 1030. The molecule has 0 spiro atoms. The van der Waals surface area contributed by atoms with Crippen molar-refractivity contribution in [3.8, 4) is 0 Å². The Balaban J connectivity index is 1.55. The summed E-state index contributed by atoms with van der Waals surface area (Å²) in [6, 6.07) is 26.2. The number of hydrogen-bond acceptors (Lipinski definition) is 2. The lowest BCUT2D eigenvalue weighted by atomic mass is 9.85. The van der Waals surface area contributed by atoms with E-state index < -0.39 is 11.5 Å². The first-order valence-corrected chi connectivity index (χ1v) is 9.36. The molecule has 0 aliphatic rings. The summed E-state index contributed by atoms with van der Waals surface area (Å²) in [6.07, 6.45) is 2.65. The number of benzene rings is 3. The molecule has 1 amide bonds. The van der Waals surface area contributed by atoms with Crippen LogP contribution in [0.1, 0.15) is 16.7 Å². The number of aromatic nitrogens is 1. The molecule has 0 saturated heterocycles. The first kappa shape index (κ1) is 18.0. The fraction of sp³-hybridized carbons (Fsp3) is 0.125. The zero-order chi connectivity index (χ0) is 19.4. The quantitative estimate of drug-likeness (QED) is 0.484. The van der Waals surface area contributed by atoms with Crippen molar-refractivity contribution in [1.29, 1.82) is 0 Å². The van der Waals surface area contributed by atoms with Crippen LogP contribution in [0.5, 0.6) is 0 Å². The molecule has 0 fully saturated rings. The molecule has 3 aromatic carbocycles. The highest BCUT2D eigenvalue weighted by atomic mass is 16.3. The molecule has 1 heterocycles. The van der Waals surface area contributed by atoms with Crippen molar-refractivity contribution < 1.29 is 9.90 Å². The van der Waals surface area contributed by atoms with Crippen LogP contribution in [0.15, 0.2) is 91.1 Å². The molecule has 4 aromatic rings. The second kappa shape index (κ2) is 7.71. The van der Waals surface area contributed by atoms with Gasteiger partial charge in [0, 0.05) is 23.6 Å². The molecule has 140 valence electrons. The lowest BCUT2D eigenvalue weighted by molar-refractivity contribution is -0.136. The number of carbonyl (C=O) groups excluding carboxylic acids is 1. The van der Waals surface area contributed by atoms with Crippen LogP contribution < -0.4 is 5.32 Å². The molecule has 0 aliphatic carbocycles. The van der Waals surface area contributed by atoms with E-state index >= 15 is 0 Å². The van der Waals surface area contributed by atoms with Gasteiger partial charge in [0.2, 0.25) is 0 Å². The van der Waals surface area contributed by atoms with Crippen molar-refractivity contribution in [3.05, 3.63) is 108 Å². The van der Waals surface area contributed by atoms with Gasteiger partial charge in [0.25, 0.3) is 5.91 Å². The lowest BCUT2D eigenvalue weighted by Gasteiger charge is -2.28. The molecule has 0 bridgehead atoms. The predicted octanol–water partition coefficient (Wildman–Crippen LogP) is 3.76. The number of rotatable bonds is 6. The highest BCUT2D eigenvalue weighted by Crippen LogP contribution is 2.30. The maximum Gasteiger partial charge on any atom is 0.261 e. The minimum atomic E-state index is -1.73. The van der Waals surface area contributed by atoms with Gasteiger partial charge in [0.1, 0.15) is 0 Å². The first-order chi connectivity index (χ1) is 13.7. The van der Waals surface area contributed by atoms with Gasteiger partial charge in [0.05, 0.1) is 0 Å². The van der Waals surface area contributed by atoms with Crippen LogP contribution in [0.4, 0.5) is 0 Å². The molecular formula is C24H22N2O2. The lowest BCUT2D eigenvalue weighted by Crippen LogP contribution is -2.46. The Morgan fingerprint density at radius 2 is 1.43 bits per heavy atom. The largest absolute Gasteiger partial charge is 0.372 e. The van der Waals surface area contributed by atoms with E-state index in [0.29, 0.717) is 24.1 Å². The van der Waals surface area contributed by atoms with Crippen molar-refractivity contribution in [2.45, 2.75) is 12.0 Å². The molecule has 1 aromatic heterocycles. The molecule has 4 heteroatoms. The first-order valence-electron chi connectivity index (χ1n) is 9.36. The normalized spacial score (nSPS) is 11.5. The Morgan fingerprint density at radius 3 is 2.07 bits per heavy atom. The fourth-order valence-electron chi connectivity index (χ4n) is 3.56. The number of H-pyrrole nitrogens is 1. The second-order valence-corrected chi connectivity index (χ2v) is 6.81. The summed E-state index contributed by atoms with van der Waals surface area (Å²) < 4.78 is 0. The highest BCUT2D eigenvalue weighted by Gasteiger charge is 2.39. The summed E-state index contributed by atoms with van der Waals surface area (Å²) in [6.45, 7) is 0.433. The number of hydrogen-bond donors (Lipinski definition) is 3. The van der Waals surface area contributed by atoms with Gasteiger partial charge in [-0.15, -0.1) is 0 Å². The molecule has 0 radical (unpaired) electrons. The summed E-state index contributed by atoms with van der Waals surface area (Å²) in [4.78, 5) is 16.3. The summed E-state index contributed by atoms with van der Waals surface area (Å²) in [5, 5.41) is 15.5. The number of carbonyl (C=O) groups is 1. The molecule has 4 nitrogen and oxygen atoms in total. The van der Waals surface area contributed by atoms with Crippen LogP contribution in [-0.2, 0) is 16.8 Å². The topological polar surface area (TPSA) is 65.1 Å². The van der Waals surface area contributed by atoms with Crippen molar-refractivity contribution in [1.82, 2.24) is 10.3 Å². The Morgan fingerprint density at radius 1 is 0.857 bits per heavy atom. The number of fused-ring (bicyclic) bond motifs is 1. The van der Waals surface area contributed by atoms with Gasteiger partial charge < -0.3 is 15.4 Å². The fourth-order valence-corrected chi connectivity index (χ4v) is 3.56. The Hall–Kier alpha value is -3.37. The number of para-hydroxylation sites is 1. The minimum absolute atomic E-state index is 0.426. The number of amides is 1. The third-order valence-electron chi connectivity index (χ3n) is 5.07. The van der Waals surface area contributed by atoms with Crippen molar-refractivity contribution >= 4 is 16.8 Å². The zero-order valence-corrected chi connectivity index (χ0v) is 15.4. The SMILES string of the molecule is O=C(NCCc1c[nH]c2ccccc12)C(O)(c1ccccc1)c1ccccc1. The van der Waals surface area contributed by atoms with Crippen LogP contribution in [0.25, 0.3) is 10.9 Å². The van der Waals surface area contributed by atoms with Crippen molar-refractivity contribution in [2.75, 3.05) is 6.54 Å². The standard InChI is InChI=1S/C24H22N2O2/c27-23(25-16-15-18-17-26-22-14-8-7-13-21(18)22)24(28,19-9-3-1-4-10-19)20-11-5-2-6-12-20/h1-14,17,26,28H,15-16H2,(H,25,27). The van der Waals surface area contributed by atoms with Crippen LogP contribution in [0.2, 0.25) is 0 Å². The monoisotopic (exact) mass is 370 g/mol. The van der Waals surface area contributed by atoms with Crippen LogP contribution in [0.3, 0.4) is 0 Å². The maximum atomic E-state index is 13.1. The molecule has 0 saturated carbocycles. The van der Waals surface area contributed by atoms with Crippen LogP contribution in [-0.4, -0.2) is 22.5 Å². The third kappa shape index (κ3) is 3.30. The van der Waals surface area contributed by atoms with E-state index in [1.54, 1.807) is 24.3 Å². The van der Waals surface area contributed by atoms with E-state index in [4.69, 9.17) is 0 Å². The van der Waals surface area contributed by atoms with Gasteiger partial charge in [-0.1, -0.05) is 78.9 Å². The van der Waals surface area contributed by atoms with Crippen molar-refractivity contribution in [2.24, 2.45) is 0 Å². The van der Waals surface area contributed by atoms with E-state index in [-0.39, 0.29) is 0 Å². The van der Waals surface area contributed by atoms with E-state index in [9.17, 15) is 9.90 Å². The molecule has 3 N–H and O–H groups in total. The van der Waals surface area contributed by atoms with Crippen LogP contribution >= 0.6 is 0 Å². The Kier molecular flexibility index (Phi) is 4.96. The maximum absolute atomic E-state index is 13.1. The number of aromatic amines is 1. The van der Waals surface area contributed by atoms with Gasteiger partial charge >= 0.3 is 0 Å². The van der Waals surface area contributed by atoms with Gasteiger partial charge in [0.15, 0.2) is 5.60 Å². The van der Waals surface area contributed by atoms with E-state index in [1.165, 1.54) is 0 Å². The second-order valence-electron chi connectivity index (χ2n) is 6.81. The van der Waals surface area contributed by atoms with Gasteiger partial charge in [-0.25, -0.2) is 0 Å². The number of nitrogens with one attached hydrogen (secondary N) is 2. The van der Waals surface area contributed by atoms with E-state index in [2.05, 4.69) is 16.4 Å². The highest BCUT2D eigenvalue weighted by molar-refractivity contribution is 5.90. The molecule has 0 atom stereocenters.